The summed E-state index contributed by atoms with van der Waals surface area (Å²) < 4.78 is 10.0. The van der Waals surface area contributed by atoms with Gasteiger partial charge in [0.25, 0.3) is 11.8 Å². The molecule has 7 nitrogen and oxygen atoms in total. The van der Waals surface area contributed by atoms with Crippen LogP contribution >= 0.6 is 0 Å². The van der Waals surface area contributed by atoms with Crippen LogP contribution in [0.3, 0.4) is 0 Å². The number of amides is 2. The number of carbonyl (C=O) groups is 2. The highest BCUT2D eigenvalue weighted by Crippen LogP contribution is 2.12. The van der Waals surface area contributed by atoms with Gasteiger partial charge in [0.2, 0.25) is 5.88 Å². The largest absolute Gasteiger partial charge is 0.481 e. The summed E-state index contributed by atoms with van der Waals surface area (Å²) in [5, 5.41) is 5.51. The summed E-state index contributed by atoms with van der Waals surface area (Å²) in [6, 6.07) is 13.4. The van der Waals surface area contributed by atoms with Crippen LogP contribution in [0.2, 0.25) is 0 Å². The summed E-state index contributed by atoms with van der Waals surface area (Å²) in [7, 11) is 1.55. The first-order chi connectivity index (χ1) is 12.7. The molecule has 1 aromatic carbocycles. The lowest BCUT2D eigenvalue weighted by atomic mass is 10.2. The number of ether oxygens (including phenoxy) is 1. The Hall–Kier alpha value is -3.61. The maximum Gasteiger partial charge on any atom is 0.291 e. The molecule has 0 aliphatic carbocycles. The van der Waals surface area contributed by atoms with Crippen LogP contribution in [0, 0.1) is 0 Å². The van der Waals surface area contributed by atoms with Gasteiger partial charge in [0.15, 0.2) is 5.76 Å². The predicted molar refractivity (Wildman–Crippen MR) is 95.1 cm³/mol. The summed E-state index contributed by atoms with van der Waals surface area (Å²) >= 11 is 0. The van der Waals surface area contributed by atoms with Crippen molar-refractivity contribution >= 4 is 17.5 Å². The third-order valence-electron chi connectivity index (χ3n) is 3.61. The highest BCUT2D eigenvalue weighted by atomic mass is 16.5. The van der Waals surface area contributed by atoms with E-state index in [2.05, 4.69) is 15.6 Å². The number of aromatic nitrogens is 1. The van der Waals surface area contributed by atoms with Crippen LogP contribution in [0.4, 0.5) is 5.69 Å². The molecule has 0 saturated heterocycles. The molecule has 132 valence electrons. The van der Waals surface area contributed by atoms with Crippen molar-refractivity contribution in [3.63, 3.8) is 0 Å². The minimum absolute atomic E-state index is 0.218. The maximum atomic E-state index is 12.2. The average Bonchev–Trinajstić information content (AvgIpc) is 3.22. The first kappa shape index (κ1) is 17.2. The van der Waals surface area contributed by atoms with Gasteiger partial charge < -0.3 is 19.8 Å². The molecule has 0 radical (unpaired) electrons. The molecule has 0 atom stereocenters. The molecule has 3 rings (SSSR count). The van der Waals surface area contributed by atoms with Crippen molar-refractivity contribution in [3.8, 4) is 5.88 Å². The third-order valence-corrected chi connectivity index (χ3v) is 3.61. The van der Waals surface area contributed by atoms with Gasteiger partial charge in [-0.1, -0.05) is 6.07 Å². The van der Waals surface area contributed by atoms with Crippen molar-refractivity contribution in [2.75, 3.05) is 12.4 Å². The topological polar surface area (TPSA) is 93.5 Å². The second-order valence-electron chi connectivity index (χ2n) is 5.40. The summed E-state index contributed by atoms with van der Waals surface area (Å²) in [4.78, 5) is 28.2. The minimum Gasteiger partial charge on any atom is -0.481 e. The Kier molecular flexibility index (Phi) is 5.28. The van der Waals surface area contributed by atoms with Gasteiger partial charge >= 0.3 is 0 Å². The van der Waals surface area contributed by atoms with Gasteiger partial charge in [-0.3, -0.25) is 9.59 Å². The summed E-state index contributed by atoms with van der Waals surface area (Å²) in [6.45, 7) is 0.354. The van der Waals surface area contributed by atoms with Crippen molar-refractivity contribution in [1.29, 1.82) is 0 Å². The zero-order valence-corrected chi connectivity index (χ0v) is 14.1. The van der Waals surface area contributed by atoms with Crippen molar-refractivity contribution in [2.45, 2.75) is 6.54 Å². The number of benzene rings is 1. The van der Waals surface area contributed by atoms with Crippen LogP contribution in [-0.2, 0) is 6.54 Å². The van der Waals surface area contributed by atoms with Crippen LogP contribution in [0.5, 0.6) is 5.88 Å². The number of rotatable bonds is 6. The third kappa shape index (κ3) is 4.27. The monoisotopic (exact) mass is 351 g/mol. The van der Waals surface area contributed by atoms with Crippen LogP contribution in [0.1, 0.15) is 26.5 Å². The Morgan fingerprint density at radius 1 is 1.08 bits per heavy atom. The lowest BCUT2D eigenvalue weighted by Crippen LogP contribution is -2.22. The lowest BCUT2D eigenvalue weighted by Gasteiger charge is -2.07. The van der Waals surface area contributed by atoms with E-state index in [1.807, 2.05) is 6.07 Å². The van der Waals surface area contributed by atoms with Crippen LogP contribution in [-0.4, -0.2) is 23.9 Å². The first-order valence-electron chi connectivity index (χ1n) is 7.88. The molecule has 0 bridgehead atoms. The number of furan rings is 1. The Balaban J connectivity index is 1.55. The van der Waals surface area contributed by atoms with E-state index in [1.54, 1.807) is 55.8 Å². The highest BCUT2D eigenvalue weighted by molar-refractivity contribution is 6.02. The van der Waals surface area contributed by atoms with Crippen molar-refractivity contribution in [2.24, 2.45) is 0 Å². The van der Waals surface area contributed by atoms with Crippen molar-refractivity contribution < 1.29 is 18.7 Å². The Bertz CT molecular complexity index is 872. The number of carbonyl (C=O) groups excluding carboxylic acids is 2. The van der Waals surface area contributed by atoms with E-state index < -0.39 is 0 Å². The van der Waals surface area contributed by atoms with Crippen LogP contribution in [0.15, 0.2) is 65.4 Å². The molecule has 2 N–H and O–H groups in total. The lowest BCUT2D eigenvalue weighted by molar-refractivity contribution is 0.0950. The van der Waals surface area contributed by atoms with Crippen LogP contribution in [0.25, 0.3) is 0 Å². The molecule has 3 aromatic rings. The summed E-state index contributed by atoms with van der Waals surface area (Å²) in [5.74, 6) is 0.177. The van der Waals surface area contributed by atoms with Crippen molar-refractivity contribution in [1.82, 2.24) is 10.3 Å². The molecule has 2 amide bonds. The second-order valence-corrected chi connectivity index (χ2v) is 5.40. The predicted octanol–water partition coefficient (Wildman–Crippen LogP) is 2.87. The number of hydrogen-bond donors (Lipinski definition) is 2. The highest BCUT2D eigenvalue weighted by Gasteiger charge is 2.10. The van der Waals surface area contributed by atoms with E-state index >= 15 is 0 Å². The van der Waals surface area contributed by atoms with E-state index in [-0.39, 0.29) is 17.6 Å². The molecule has 2 heterocycles. The number of methoxy groups -OCH3 is 1. The molecule has 7 heteroatoms. The van der Waals surface area contributed by atoms with Gasteiger partial charge in [0, 0.05) is 30.1 Å². The Morgan fingerprint density at radius 2 is 1.88 bits per heavy atom. The zero-order chi connectivity index (χ0) is 18.4. The zero-order valence-electron chi connectivity index (χ0n) is 14.1. The van der Waals surface area contributed by atoms with Gasteiger partial charge in [-0.25, -0.2) is 4.98 Å². The molecule has 0 saturated carbocycles. The fourth-order valence-corrected chi connectivity index (χ4v) is 2.23. The summed E-state index contributed by atoms with van der Waals surface area (Å²) in [6.07, 6.45) is 3.08. The van der Waals surface area contributed by atoms with Gasteiger partial charge in [-0.2, -0.15) is 0 Å². The first-order valence-corrected chi connectivity index (χ1v) is 7.88. The molecule has 0 aliphatic rings. The molecule has 0 unspecified atom stereocenters. The van der Waals surface area contributed by atoms with E-state index in [0.717, 1.165) is 5.56 Å². The van der Waals surface area contributed by atoms with Crippen LogP contribution < -0.4 is 15.4 Å². The fourth-order valence-electron chi connectivity index (χ4n) is 2.23. The summed E-state index contributed by atoms with van der Waals surface area (Å²) in [5.41, 5.74) is 1.92. The molecule has 0 fully saturated rings. The fraction of sp³-hybridized carbons (Fsp3) is 0.105. The Labute approximate surface area is 150 Å². The molecule has 2 aromatic heterocycles. The molecule has 0 spiro atoms. The molecule has 0 aliphatic heterocycles. The van der Waals surface area contributed by atoms with Crippen molar-refractivity contribution in [3.05, 3.63) is 77.9 Å². The molecule has 26 heavy (non-hydrogen) atoms. The van der Waals surface area contributed by atoms with Gasteiger partial charge in [-0.15, -0.1) is 0 Å². The number of nitrogens with zero attached hydrogens (tertiary/aromatic N) is 1. The second kappa shape index (κ2) is 7.98. The van der Waals surface area contributed by atoms with E-state index in [1.165, 1.54) is 6.26 Å². The number of nitrogens with one attached hydrogen (secondary N) is 2. The number of pyridine rings is 1. The SMILES string of the molecule is COc1ccc(CNC(=O)c2ccc(NC(=O)c3ccco3)cc2)cn1. The normalized spacial score (nSPS) is 10.2. The van der Waals surface area contributed by atoms with Gasteiger partial charge in [0.05, 0.1) is 13.4 Å². The number of anilines is 1. The Morgan fingerprint density at radius 3 is 2.50 bits per heavy atom. The van der Waals surface area contributed by atoms with E-state index in [9.17, 15) is 9.59 Å². The van der Waals surface area contributed by atoms with E-state index in [4.69, 9.17) is 9.15 Å². The number of hydrogen-bond acceptors (Lipinski definition) is 5. The quantitative estimate of drug-likeness (QED) is 0.712. The minimum atomic E-state index is -0.348. The molecular formula is C19H17N3O4. The smallest absolute Gasteiger partial charge is 0.291 e. The maximum absolute atomic E-state index is 12.2. The molecular weight excluding hydrogens is 334 g/mol. The van der Waals surface area contributed by atoms with Gasteiger partial charge in [-0.05, 0) is 42.0 Å². The standard InChI is InChI=1S/C19H17N3O4/c1-25-17-9-4-13(11-20-17)12-21-18(23)14-5-7-15(8-6-14)22-19(24)16-3-2-10-26-16/h2-11H,12H2,1H3,(H,21,23)(H,22,24). The average molecular weight is 351 g/mol. The van der Waals surface area contributed by atoms with E-state index in [0.29, 0.717) is 23.7 Å². The van der Waals surface area contributed by atoms with Gasteiger partial charge in [0.1, 0.15) is 0 Å².